The van der Waals surface area contributed by atoms with Gasteiger partial charge in [0.25, 0.3) is 0 Å². The maximum absolute atomic E-state index is 10.5. The molecule has 0 aliphatic carbocycles. The molecule has 0 aromatic rings. The van der Waals surface area contributed by atoms with Crippen LogP contribution in [0.2, 0.25) is 0 Å². The molecule has 44 heavy (non-hydrogen) atoms. The Hall–Kier alpha value is -0.640. The number of aliphatic hydroxyl groups excluding tert-OH is 1. The average molecular weight is 645 g/mol. The van der Waals surface area contributed by atoms with Crippen molar-refractivity contribution in [1.82, 2.24) is 0 Å². The lowest BCUT2D eigenvalue weighted by Crippen LogP contribution is -2.67. The minimum Gasteiger partial charge on any atom is -0.382 e. The fourth-order valence-electron chi connectivity index (χ4n) is 6.24. The van der Waals surface area contributed by atoms with E-state index in [-0.39, 0.29) is 19.8 Å². The maximum Gasteiger partial charge on any atom is 0.187 e. The van der Waals surface area contributed by atoms with Gasteiger partial charge in [0.05, 0.1) is 19.8 Å². The number of methoxy groups -OCH3 is 10. The summed E-state index contributed by atoms with van der Waals surface area (Å²) in [5, 5.41) is 10.5. The van der Waals surface area contributed by atoms with E-state index in [1.165, 1.54) is 35.5 Å². The van der Waals surface area contributed by atoms with Gasteiger partial charge in [-0.1, -0.05) is 0 Å². The van der Waals surface area contributed by atoms with Gasteiger partial charge in [0, 0.05) is 71.1 Å². The molecular weight excluding hydrogens is 592 g/mol. The van der Waals surface area contributed by atoms with E-state index < -0.39 is 92.1 Å². The van der Waals surface area contributed by atoms with E-state index in [2.05, 4.69) is 0 Å². The molecule has 16 nitrogen and oxygen atoms in total. The maximum atomic E-state index is 10.5. The highest BCUT2D eigenvalue weighted by Crippen LogP contribution is 2.36. The highest BCUT2D eigenvalue weighted by atomic mass is 16.8. The molecule has 0 saturated carbocycles. The number of hydrogen-bond acceptors (Lipinski definition) is 16. The topological polar surface area (TPSA) is 159 Å². The zero-order valence-electron chi connectivity index (χ0n) is 27.4. The second-order valence-electron chi connectivity index (χ2n) is 10.6. The minimum absolute atomic E-state index is 0.104. The van der Waals surface area contributed by atoms with Gasteiger partial charge >= 0.3 is 0 Å². The molecule has 16 heteroatoms. The van der Waals surface area contributed by atoms with Crippen molar-refractivity contribution in [1.29, 1.82) is 0 Å². The molecule has 15 atom stereocenters. The normalized spacial score (nSPS) is 43.3. The molecule has 3 fully saturated rings. The Morgan fingerprint density at radius 3 is 1.07 bits per heavy atom. The van der Waals surface area contributed by atoms with Crippen LogP contribution in [0.5, 0.6) is 0 Å². The second-order valence-corrected chi connectivity index (χ2v) is 10.6. The SMILES string of the molecule is COCC1OC(O)C(OC)C(OC)C1OC1OC(COC)C(OC2OC(COC)C(OC)C(OC)C2OC)C(OC)C1OC. The van der Waals surface area contributed by atoms with Gasteiger partial charge in [-0.3, -0.25) is 0 Å². The van der Waals surface area contributed by atoms with Crippen LogP contribution in [0.15, 0.2) is 0 Å². The standard InChI is InChI=1S/C28H52O16/c1-30-11-14-17(33-4)20(34-5)24(38-9)27(41-14)44-19-16(13-32-3)42-28(25(39-10)22(19)36-7)43-18-15(12-31-2)40-26(29)23(37-8)21(18)35-6/h14-29H,11-13H2,1-10H3. The number of hydrogen-bond donors (Lipinski definition) is 1. The lowest BCUT2D eigenvalue weighted by Gasteiger charge is -2.50. The van der Waals surface area contributed by atoms with Gasteiger partial charge in [-0.15, -0.1) is 0 Å². The largest absolute Gasteiger partial charge is 0.382 e. The second kappa shape index (κ2) is 18.6. The Labute approximate surface area is 259 Å². The summed E-state index contributed by atoms with van der Waals surface area (Å²) in [7, 11) is 15.3. The van der Waals surface area contributed by atoms with Crippen molar-refractivity contribution in [2.45, 2.75) is 92.1 Å². The molecule has 3 aliphatic rings. The van der Waals surface area contributed by atoms with E-state index in [1.54, 1.807) is 35.5 Å². The average Bonchev–Trinajstić information content (AvgIpc) is 3.02. The third-order valence-electron chi connectivity index (χ3n) is 8.27. The van der Waals surface area contributed by atoms with E-state index in [1.807, 2.05) is 0 Å². The van der Waals surface area contributed by atoms with Crippen LogP contribution in [0, 0.1) is 0 Å². The Kier molecular flexibility index (Phi) is 16.0. The molecular formula is C28H52O16. The summed E-state index contributed by atoms with van der Waals surface area (Å²) < 4.78 is 88.3. The molecule has 0 amide bonds. The molecule has 3 rings (SSSR count). The highest BCUT2D eigenvalue weighted by Gasteiger charge is 2.55. The first kappa shape index (κ1) is 37.8. The molecule has 3 saturated heterocycles. The van der Waals surface area contributed by atoms with Crippen molar-refractivity contribution in [3.05, 3.63) is 0 Å². The molecule has 0 spiro atoms. The van der Waals surface area contributed by atoms with Gasteiger partial charge in [0.1, 0.15) is 73.2 Å². The van der Waals surface area contributed by atoms with E-state index in [4.69, 9.17) is 71.1 Å². The van der Waals surface area contributed by atoms with Crippen molar-refractivity contribution in [2.24, 2.45) is 0 Å². The van der Waals surface area contributed by atoms with E-state index in [9.17, 15) is 5.11 Å². The van der Waals surface area contributed by atoms with Gasteiger partial charge in [-0.2, -0.15) is 0 Å². The third-order valence-corrected chi connectivity index (χ3v) is 8.27. The summed E-state index contributed by atoms with van der Waals surface area (Å²) in [5.41, 5.74) is 0. The molecule has 0 radical (unpaired) electrons. The van der Waals surface area contributed by atoms with Crippen molar-refractivity contribution < 1.29 is 76.2 Å². The summed E-state index contributed by atoms with van der Waals surface area (Å²) in [6.45, 7) is 0.439. The summed E-state index contributed by atoms with van der Waals surface area (Å²) in [4.78, 5) is 0. The fourth-order valence-corrected chi connectivity index (χ4v) is 6.24. The zero-order valence-corrected chi connectivity index (χ0v) is 27.4. The monoisotopic (exact) mass is 644 g/mol. The van der Waals surface area contributed by atoms with Crippen LogP contribution in [0.1, 0.15) is 0 Å². The first-order valence-electron chi connectivity index (χ1n) is 14.4. The van der Waals surface area contributed by atoms with Gasteiger partial charge in [-0.25, -0.2) is 0 Å². The van der Waals surface area contributed by atoms with Gasteiger partial charge in [0.15, 0.2) is 18.9 Å². The smallest absolute Gasteiger partial charge is 0.187 e. The van der Waals surface area contributed by atoms with E-state index in [0.717, 1.165) is 0 Å². The van der Waals surface area contributed by atoms with Crippen LogP contribution in [-0.4, -0.2) is 188 Å². The van der Waals surface area contributed by atoms with E-state index in [0.29, 0.717) is 0 Å². The Morgan fingerprint density at radius 2 is 0.705 bits per heavy atom. The third kappa shape index (κ3) is 8.25. The van der Waals surface area contributed by atoms with Crippen LogP contribution in [0.25, 0.3) is 0 Å². The molecule has 0 aromatic heterocycles. The highest BCUT2D eigenvalue weighted by molar-refractivity contribution is 4.98. The van der Waals surface area contributed by atoms with Gasteiger partial charge in [0.2, 0.25) is 0 Å². The Balaban J connectivity index is 1.92. The number of aliphatic hydroxyl groups is 1. The number of ether oxygens (including phenoxy) is 15. The predicted octanol–water partition coefficient (Wildman–Crippen LogP) is -1.03. The van der Waals surface area contributed by atoms with E-state index >= 15 is 0 Å². The Morgan fingerprint density at radius 1 is 0.386 bits per heavy atom. The molecule has 15 unspecified atom stereocenters. The van der Waals surface area contributed by atoms with Crippen LogP contribution in [-0.2, 0) is 71.1 Å². The minimum atomic E-state index is -1.26. The molecule has 1 N–H and O–H groups in total. The fraction of sp³-hybridized carbons (Fsp3) is 1.00. The van der Waals surface area contributed by atoms with Crippen LogP contribution < -0.4 is 0 Å². The van der Waals surface area contributed by atoms with Crippen molar-refractivity contribution in [3.8, 4) is 0 Å². The summed E-state index contributed by atoms with van der Waals surface area (Å²) in [6.07, 6.45) is -11.6. The first-order valence-corrected chi connectivity index (χ1v) is 14.4. The predicted molar refractivity (Wildman–Crippen MR) is 149 cm³/mol. The van der Waals surface area contributed by atoms with Crippen molar-refractivity contribution in [2.75, 3.05) is 90.9 Å². The molecule has 3 aliphatic heterocycles. The van der Waals surface area contributed by atoms with Crippen LogP contribution in [0.3, 0.4) is 0 Å². The van der Waals surface area contributed by atoms with Crippen LogP contribution >= 0.6 is 0 Å². The van der Waals surface area contributed by atoms with Crippen LogP contribution in [0.4, 0.5) is 0 Å². The molecule has 0 aromatic carbocycles. The van der Waals surface area contributed by atoms with Crippen molar-refractivity contribution >= 4 is 0 Å². The number of rotatable bonds is 17. The first-order chi connectivity index (χ1) is 21.3. The molecule has 3 heterocycles. The summed E-state index contributed by atoms with van der Waals surface area (Å²) >= 11 is 0. The lowest BCUT2D eigenvalue weighted by molar-refractivity contribution is -0.384. The lowest BCUT2D eigenvalue weighted by atomic mass is 9.95. The summed E-state index contributed by atoms with van der Waals surface area (Å²) in [5.74, 6) is 0. The summed E-state index contributed by atoms with van der Waals surface area (Å²) in [6, 6.07) is 0. The molecule has 260 valence electrons. The quantitative estimate of drug-likeness (QED) is 0.205. The molecule has 0 bridgehead atoms. The van der Waals surface area contributed by atoms with Gasteiger partial charge in [-0.05, 0) is 0 Å². The van der Waals surface area contributed by atoms with Crippen molar-refractivity contribution in [3.63, 3.8) is 0 Å². The zero-order chi connectivity index (χ0) is 32.4. The Bertz CT molecular complexity index is 795. The van der Waals surface area contributed by atoms with Gasteiger partial charge < -0.3 is 76.2 Å².